The van der Waals surface area contributed by atoms with Gasteiger partial charge in [-0.3, -0.25) is 0 Å². The van der Waals surface area contributed by atoms with Crippen LogP contribution in [0.25, 0.3) is 6.08 Å². The van der Waals surface area contributed by atoms with Crippen molar-refractivity contribution < 1.29 is 33.3 Å². The van der Waals surface area contributed by atoms with Gasteiger partial charge in [0, 0.05) is 24.7 Å². The van der Waals surface area contributed by atoms with Gasteiger partial charge in [-0.15, -0.1) is 0 Å². The first-order valence-electron chi connectivity index (χ1n) is 7.81. The van der Waals surface area contributed by atoms with Crippen LogP contribution < -0.4 is 24.0 Å². The van der Waals surface area contributed by atoms with Crippen molar-refractivity contribution >= 4 is 11.8 Å². The lowest BCUT2D eigenvalue weighted by atomic mass is 10.00. The average molecular weight is 419 g/mol. The van der Waals surface area contributed by atoms with E-state index in [0.717, 1.165) is 26.1 Å². The Labute approximate surface area is 155 Å². The summed E-state index contributed by atoms with van der Waals surface area (Å²) in [6.45, 7) is 2.76. The second kappa shape index (κ2) is 8.99. The SMILES string of the molecule is COCC[N+]1=C(c2ccccc2)/C(=C\c2ccccc2)CC1.[I-]. The zero-order valence-corrected chi connectivity index (χ0v) is 15.6. The van der Waals surface area contributed by atoms with Crippen molar-refractivity contribution in [2.24, 2.45) is 0 Å². The predicted molar refractivity (Wildman–Crippen MR) is 91.5 cm³/mol. The number of nitrogens with zero attached hydrogens (tertiary/aromatic N) is 1. The highest BCUT2D eigenvalue weighted by molar-refractivity contribution is 6.12. The Morgan fingerprint density at radius 2 is 1.65 bits per heavy atom. The molecular formula is C20H22INO. The molecular weight excluding hydrogens is 397 g/mol. The summed E-state index contributed by atoms with van der Waals surface area (Å²) in [7, 11) is 1.76. The van der Waals surface area contributed by atoms with Crippen LogP contribution in [-0.4, -0.2) is 37.1 Å². The Kier molecular flexibility index (Phi) is 6.99. The van der Waals surface area contributed by atoms with E-state index in [1.807, 2.05) is 0 Å². The smallest absolute Gasteiger partial charge is 0.210 e. The fourth-order valence-corrected chi connectivity index (χ4v) is 2.97. The molecule has 2 aromatic carbocycles. The Morgan fingerprint density at radius 3 is 2.30 bits per heavy atom. The molecule has 120 valence electrons. The number of halogens is 1. The fourth-order valence-electron chi connectivity index (χ4n) is 2.97. The molecule has 0 amide bonds. The van der Waals surface area contributed by atoms with Crippen LogP contribution in [0, 0.1) is 0 Å². The van der Waals surface area contributed by atoms with E-state index in [1.54, 1.807) is 7.11 Å². The van der Waals surface area contributed by atoms with Gasteiger partial charge in [-0.1, -0.05) is 48.5 Å². The van der Waals surface area contributed by atoms with E-state index in [1.165, 1.54) is 22.4 Å². The zero-order chi connectivity index (χ0) is 15.2. The molecule has 2 nitrogen and oxygen atoms in total. The summed E-state index contributed by atoms with van der Waals surface area (Å²) >= 11 is 0. The third-order valence-corrected chi connectivity index (χ3v) is 4.02. The van der Waals surface area contributed by atoms with Crippen LogP contribution in [0.15, 0.2) is 66.2 Å². The van der Waals surface area contributed by atoms with Crippen molar-refractivity contribution in [3.8, 4) is 0 Å². The molecule has 0 fully saturated rings. The van der Waals surface area contributed by atoms with E-state index < -0.39 is 0 Å². The summed E-state index contributed by atoms with van der Waals surface area (Å²) in [6.07, 6.45) is 3.40. The first kappa shape index (κ1) is 17.9. The monoisotopic (exact) mass is 419 g/mol. The molecule has 3 rings (SSSR count). The average Bonchev–Trinajstić information content (AvgIpc) is 2.97. The second-order valence-electron chi connectivity index (χ2n) is 5.52. The molecule has 0 aromatic heterocycles. The molecule has 1 aliphatic heterocycles. The number of hydrogen-bond acceptors (Lipinski definition) is 1. The van der Waals surface area contributed by atoms with Gasteiger partial charge in [0.15, 0.2) is 6.54 Å². The van der Waals surface area contributed by atoms with Gasteiger partial charge >= 0.3 is 0 Å². The van der Waals surface area contributed by atoms with Crippen LogP contribution in [0.2, 0.25) is 0 Å². The fraction of sp³-hybridized carbons (Fsp3) is 0.250. The molecule has 0 saturated heterocycles. The molecule has 0 N–H and O–H groups in total. The first-order chi connectivity index (χ1) is 10.9. The molecule has 0 atom stereocenters. The molecule has 3 heteroatoms. The highest BCUT2D eigenvalue weighted by Gasteiger charge is 2.28. The molecule has 0 spiro atoms. The van der Waals surface area contributed by atoms with Crippen molar-refractivity contribution in [2.75, 3.05) is 26.8 Å². The van der Waals surface area contributed by atoms with E-state index in [0.29, 0.717) is 0 Å². The largest absolute Gasteiger partial charge is 1.00 e. The molecule has 1 heterocycles. The summed E-state index contributed by atoms with van der Waals surface area (Å²) in [4.78, 5) is 0. The Morgan fingerprint density at radius 1 is 1.00 bits per heavy atom. The van der Waals surface area contributed by atoms with Crippen molar-refractivity contribution in [2.45, 2.75) is 6.42 Å². The Balaban J connectivity index is 0.00000192. The van der Waals surface area contributed by atoms with Crippen molar-refractivity contribution in [1.29, 1.82) is 0 Å². The van der Waals surface area contributed by atoms with Crippen LogP contribution in [0.3, 0.4) is 0 Å². The number of methoxy groups -OCH3 is 1. The van der Waals surface area contributed by atoms with Crippen LogP contribution in [0.4, 0.5) is 0 Å². The second-order valence-corrected chi connectivity index (χ2v) is 5.52. The van der Waals surface area contributed by atoms with E-state index in [9.17, 15) is 0 Å². The zero-order valence-electron chi connectivity index (χ0n) is 13.4. The van der Waals surface area contributed by atoms with Gasteiger partial charge in [0.25, 0.3) is 0 Å². The molecule has 1 aliphatic rings. The third-order valence-electron chi connectivity index (χ3n) is 4.02. The van der Waals surface area contributed by atoms with Gasteiger partial charge in [-0.05, 0) is 23.8 Å². The van der Waals surface area contributed by atoms with Gasteiger partial charge in [-0.25, -0.2) is 4.58 Å². The third kappa shape index (κ3) is 4.52. The summed E-state index contributed by atoms with van der Waals surface area (Å²) < 4.78 is 7.71. The van der Waals surface area contributed by atoms with E-state index in [-0.39, 0.29) is 24.0 Å². The highest BCUT2D eigenvalue weighted by atomic mass is 127. The van der Waals surface area contributed by atoms with E-state index in [2.05, 4.69) is 71.3 Å². The molecule has 0 aliphatic carbocycles. The van der Waals surface area contributed by atoms with Gasteiger partial charge < -0.3 is 28.7 Å². The lowest BCUT2D eigenvalue weighted by Crippen LogP contribution is -3.00. The molecule has 0 saturated carbocycles. The quantitative estimate of drug-likeness (QED) is 0.512. The van der Waals surface area contributed by atoms with Crippen LogP contribution in [-0.2, 0) is 4.74 Å². The maximum absolute atomic E-state index is 5.27. The minimum Gasteiger partial charge on any atom is -1.00 e. The summed E-state index contributed by atoms with van der Waals surface area (Å²) in [5.74, 6) is 0. The van der Waals surface area contributed by atoms with Crippen molar-refractivity contribution in [3.05, 3.63) is 77.4 Å². The first-order valence-corrected chi connectivity index (χ1v) is 7.81. The summed E-state index contributed by atoms with van der Waals surface area (Å²) in [5, 5.41) is 0. The molecule has 0 radical (unpaired) electrons. The lowest BCUT2D eigenvalue weighted by molar-refractivity contribution is -0.522. The van der Waals surface area contributed by atoms with Gasteiger partial charge in [-0.2, -0.15) is 0 Å². The molecule has 0 unspecified atom stereocenters. The maximum Gasteiger partial charge on any atom is 0.210 e. The minimum absolute atomic E-state index is 0. The van der Waals surface area contributed by atoms with Crippen LogP contribution >= 0.6 is 0 Å². The normalized spacial score (nSPS) is 15.8. The van der Waals surface area contributed by atoms with Crippen LogP contribution in [0.5, 0.6) is 0 Å². The van der Waals surface area contributed by atoms with Gasteiger partial charge in [0.1, 0.15) is 13.2 Å². The number of rotatable bonds is 5. The van der Waals surface area contributed by atoms with Crippen molar-refractivity contribution in [1.82, 2.24) is 0 Å². The predicted octanol–water partition coefficient (Wildman–Crippen LogP) is 0.626. The summed E-state index contributed by atoms with van der Waals surface area (Å²) in [5.41, 5.74) is 5.31. The topological polar surface area (TPSA) is 12.2 Å². The van der Waals surface area contributed by atoms with Crippen LogP contribution in [0.1, 0.15) is 17.5 Å². The summed E-state index contributed by atoms with van der Waals surface area (Å²) in [6, 6.07) is 21.2. The van der Waals surface area contributed by atoms with E-state index in [4.69, 9.17) is 4.74 Å². The molecule has 23 heavy (non-hydrogen) atoms. The molecule has 0 bridgehead atoms. The lowest BCUT2D eigenvalue weighted by Gasteiger charge is -2.04. The Bertz CT molecular complexity index is 677. The number of benzene rings is 2. The van der Waals surface area contributed by atoms with Gasteiger partial charge in [0.2, 0.25) is 5.71 Å². The van der Waals surface area contributed by atoms with E-state index >= 15 is 0 Å². The van der Waals surface area contributed by atoms with Crippen molar-refractivity contribution in [3.63, 3.8) is 0 Å². The maximum atomic E-state index is 5.27. The molecule has 2 aromatic rings. The minimum atomic E-state index is 0. The Hall–Kier alpha value is -1.46. The highest BCUT2D eigenvalue weighted by Crippen LogP contribution is 2.21. The number of hydrogen-bond donors (Lipinski definition) is 0. The number of ether oxygens (including phenoxy) is 1. The van der Waals surface area contributed by atoms with Gasteiger partial charge in [0.05, 0.1) is 0 Å². The standard InChI is InChI=1S/C20H22NO.HI/c1-22-15-14-21-13-12-19(16-17-8-4-2-5-9-17)20(21)18-10-6-3-7-11-18;/h2-11,16H,12-15H2,1H3;1H/q+1;/p-1/b19-16-;.